The van der Waals surface area contributed by atoms with Gasteiger partial charge in [0.2, 0.25) is 5.91 Å². The van der Waals surface area contributed by atoms with E-state index in [1.807, 2.05) is 9.80 Å². The van der Waals surface area contributed by atoms with Gasteiger partial charge in [-0.3, -0.25) is 9.59 Å². The van der Waals surface area contributed by atoms with Crippen LogP contribution >= 0.6 is 0 Å². The van der Waals surface area contributed by atoms with Gasteiger partial charge in [0.05, 0.1) is 25.5 Å². The number of aryl methyl sites for hydroxylation is 1. The number of carbonyl (C=O) groups is 1. The van der Waals surface area contributed by atoms with Gasteiger partial charge in [-0.1, -0.05) is 0 Å². The highest BCUT2D eigenvalue weighted by Crippen LogP contribution is 2.23. The van der Waals surface area contributed by atoms with Crippen LogP contribution in [0.3, 0.4) is 0 Å². The number of rotatable bonds is 2. The first-order valence-electron chi connectivity index (χ1n) is 6.79. The lowest BCUT2D eigenvalue weighted by Gasteiger charge is -2.41. The molecular weight excluding hydrogens is 260 g/mol. The smallest absolute Gasteiger partial charge is 0.255 e. The number of hydrogen-bond donors (Lipinski definition) is 0. The van der Waals surface area contributed by atoms with Gasteiger partial charge < -0.3 is 19.1 Å². The molecule has 3 heterocycles. The lowest BCUT2D eigenvalue weighted by atomic mass is 9.98. The van der Waals surface area contributed by atoms with Crippen LogP contribution in [0.5, 0.6) is 0 Å². The fraction of sp³-hybridized carbons (Fsp3) is 0.615. The number of carbonyl (C=O) groups excluding carboxylic acids is 1. The number of ether oxygens (including phenoxy) is 1. The molecule has 2 aliphatic heterocycles. The lowest BCUT2D eigenvalue weighted by molar-refractivity contribution is -0.140. The van der Waals surface area contributed by atoms with Gasteiger partial charge in [-0.25, -0.2) is 4.98 Å². The molecule has 0 unspecified atom stereocenters. The van der Waals surface area contributed by atoms with Gasteiger partial charge in [-0.15, -0.1) is 0 Å². The molecule has 2 fully saturated rings. The number of hydrogen-bond acceptors (Lipinski definition) is 5. The van der Waals surface area contributed by atoms with E-state index in [4.69, 9.17) is 4.74 Å². The van der Waals surface area contributed by atoms with Crippen molar-refractivity contribution in [2.75, 3.05) is 44.3 Å². The molecule has 2 aliphatic rings. The van der Waals surface area contributed by atoms with Crippen LogP contribution in [-0.2, 0) is 16.6 Å². The summed E-state index contributed by atoms with van der Waals surface area (Å²) < 4.78 is 6.67. The average Bonchev–Trinajstić information content (AvgIpc) is 2.42. The molecule has 1 aromatic heterocycles. The van der Waals surface area contributed by atoms with Gasteiger partial charge in [0.15, 0.2) is 0 Å². The van der Waals surface area contributed by atoms with Crippen molar-refractivity contribution in [3.63, 3.8) is 0 Å². The van der Waals surface area contributed by atoms with E-state index in [1.54, 1.807) is 7.05 Å². The fourth-order valence-corrected chi connectivity index (χ4v) is 2.49. The Morgan fingerprint density at radius 2 is 2.05 bits per heavy atom. The molecule has 20 heavy (non-hydrogen) atoms. The Bertz CT molecular complexity index is 559. The van der Waals surface area contributed by atoms with Crippen LogP contribution in [0.25, 0.3) is 0 Å². The first-order valence-corrected chi connectivity index (χ1v) is 6.79. The number of nitrogens with zero attached hydrogens (tertiary/aromatic N) is 4. The first-order chi connectivity index (χ1) is 9.65. The predicted molar refractivity (Wildman–Crippen MR) is 72.6 cm³/mol. The summed E-state index contributed by atoms with van der Waals surface area (Å²) >= 11 is 0. The van der Waals surface area contributed by atoms with Gasteiger partial charge in [0.25, 0.3) is 5.56 Å². The van der Waals surface area contributed by atoms with Gasteiger partial charge in [-0.05, 0) is 0 Å². The van der Waals surface area contributed by atoms with E-state index in [9.17, 15) is 9.59 Å². The second-order valence-electron chi connectivity index (χ2n) is 5.24. The van der Waals surface area contributed by atoms with Crippen molar-refractivity contribution in [3.8, 4) is 0 Å². The van der Waals surface area contributed by atoms with E-state index in [0.29, 0.717) is 45.2 Å². The molecule has 0 aromatic carbocycles. The van der Waals surface area contributed by atoms with Crippen molar-refractivity contribution in [3.05, 3.63) is 22.7 Å². The largest absolute Gasteiger partial charge is 0.378 e. The van der Waals surface area contributed by atoms with Crippen molar-refractivity contribution in [1.29, 1.82) is 0 Å². The topological polar surface area (TPSA) is 67.7 Å². The molecule has 0 aliphatic carbocycles. The zero-order valence-electron chi connectivity index (χ0n) is 11.5. The minimum Gasteiger partial charge on any atom is -0.378 e. The Morgan fingerprint density at radius 1 is 1.35 bits per heavy atom. The standard InChI is InChI=1S/C13H18N4O3/c1-15-9-14-11(6-12(15)18)17-7-10(8-17)13(19)16-2-4-20-5-3-16/h6,9-10H,2-5,7-8H2,1H3. The van der Waals surface area contributed by atoms with Crippen molar-refractivity contribution < 1.29 is 9.53 Å². The maximum atomic E-state index is 12.2. The second-order valence-corrected chi connectivity index (χ2v) is 5.24. The Balaban J connectivity index is 1.59. The molecule has 0 spiro atoms. The molecule has 3 rings (SSSR count). The second kappa shape index (κ2) is 5.24. The molecule has 7 nitrogen and oxygen atoms in total. The monoisotopic (exact) mass is 278 g/mol. The number of morpholine rings is 1. The molecule has 2 saturated heterocycles. The van der Waals surface area contributed by atoms with E-state index in [0.717, 1.165) is 0 Å². The van der Waals surface area contributed by atoms with Crippen LogP contribution in [0.4, 0.5) is 5.82 Å². The summed E-state index contributed by atoms with van der Waals surface area (Å²) in [6.45, 7) is 3.88. The zero-order chi connectivity index (χ0) is 14.1. The molecule has 108 valence electrons. The number of amides is 1. The van der Waals surface area contributed by atoms with Gasteiger partial charge in [0.1, 0.15) is 5.82 Å². The van der Waals surface area contributed by atoms with Gasteiger partial charge >= 0.3 is 0 Å². The van der Waals surface area contributed by atoms with E-state index in [1.165, 1.54) is 17.0 Å². The van der Waals surface area contributed by atoms with E-state index in [-0.39, 0.29) is 17.4 Å². The molecular formula is C13H18N4O3. The predicted octanol–water partition coefficient (Wildman–Crippen LogP) is -0.925. The maximum absolute atomic E-state index is 12.2. The summed E-state index contributed by atoms with van der Waals surface area (Å²) in [7, 11) is 1.67. The van der Waals surface area contributed by atoms with Crippen molar-refractivity contribution in [1.82, 2.24) is 14.5 Å². The summed E-state index contributed by atoms with van der Waals surface area (Å²) in [4.78, 5) is 31.8. The minimum absolute atomic E-state index is 0.0129. The zero-order valence-corrected chi connectivity index (χ0v) is 11.5. The Morgan fingerprint density at radius 3 is 2.70 bits per heavy atom. The number of anilines is 1. The molecule has 1 aromatic rings. The summed E-state index contributed by atoms with van der Waals surface area (Å²) in [6.07, 6.45) is 1.51. The van der Waals surface area contributed by atoms with Crippen molar-refractivity contribution in [2.45, 2.75) is 0 Å². The van der Waals surface area contributed by atoms with Gasteiger partial charge in [-0.2, -0.15) is 0 Å². The summed E-state index contributed by atoms with van der Waals surface area (Å²) in [5.74, 6) is 0.853. The van der Waals surface area contributed by atoms with Crippen LogP contribution < -0.4 is 10.5 Å². The third kappa shape index (κ3) is 2.40. The highest BCUT2D eigenvalue weighted by atomic mass is 16.5. The normalized spacial score (nSPS) is 19.9. The summed E-state index contributed by atoms with van der Waals surface area (Å²) in [5.41, 5.74) is -0.0852. The van der Waals surface area contributed by atoms with Crippen LogP contribution in [0.15, 0.2) is 17.2 Å². The third-order valence-corrected chi connectivity index (χ3v) is 3.84. The molecule has 0 saturated carbocycles. The first kappa shape index (κ1) is 13.1. The van der Waals surface area contributed by atoms with Crippen LogP contribution in [0, 0.1) is 5.92 Å². The van der Waals surface area contributed by atoms with E-state index >= 15 is 0 Å². The van der Waals surface area contributed by atoms with E-state index < -0.39 is 0 Å². The van der Waals surface area contributed by atoms with Crippen LogP contribution in [0.1, 0.15) is 0 Å². The van der Waals surface area contributed by atoms with Crippen molar-refractivity contribution >= 4 is 11.7 Å². The highest BCUT2D eigenvalue weighted by Gasteiger charge is 2.36. The number of aromatic nitrogens is 2. The van der Waals surface area contributed by atoms with Crippen LogP contribution in [0.2, 0.25) is 0 Å². The SMILES string of the molecule is Cn1cnc(N2CC(C(=O)N3CCOCC3)C2)cc1=O. The fourth-order valence-electron chi connectivity index (χ4n) is 2.49. The molecule has 0 atom stereocenters. The maximum Gasteiger partial charge on any atom is 0.255 e. The Labute approximate surface area is 116 Å². The lowest BCUT2D eigenvalue weighted by Crippen LogP contribution is -2.56. The molecule has 1 amide bonds. The minimum atomic E-state index is -0.0852. The molecule has 0 radical (unpaired) electrons. The molecule has 7 heteroatoms. The molecule has 0 N–H and O–H groups in total. The highest BCUT2D eigenvalue weighted by molar-refractivity contribution is 5.82. The van der Waals surface area contributed by atoms with E-state index in [2.05, 4.69) is 4.98 Å². The quantitative estimate of drug-likeness (QED) is 0.699. The summed E-state index contributed by atoms with van der Waals surface area (Å²) in [5, 5.41) is 0. The van der Waals surface area contributed by atoms with Crippen molar-refractivity contribution in [2.24, 2.45) is 13.0 Å². The van der Waals surface area contributed by atoms with Gasteiger partial charge in [0, 0.05) is 39.3 Å². The summed E-state index contributed by atoms with van der Waals surface area (Å²) in [6, 6.07) is 1.51. The third-order valence-electron chi connectivity index (χ3n) is 3.84. The molecule has 0 bridgehead atoms. The Kier molecular flexibility index (Phi) is 3.43. The average molecular weight is 278 g/mol. The Hall–Kier alpha value is -1.89. The van der Waals surface area contributed by atoms with Crippen LogP contribution in [-0.4, -0.2) is 59.8 Å².